The Morgan fingerprint density at radius 2 is 1.74 bits per heavy atom. The molecule has 1 fully saturated rings. The van der Waals surface area contributed by atoms with E-state index in [0.29, 0.717) is 5.19 Å². The Hall–Kier alpha value is -2.48. The van der Waals surface area contributed by atoms with Crippen LogP contribution in [0.15, 0.2) is 48.5 Å². The normalized spacial score (nSPS) is 15.9. The summed E-state index contributed by atoms with van der Waals surface area (Å²) in [6, 6.07) is 16.1. The number of aliphatic carboxylic acids is 1. The number of benzene rings is 2. The molecule has 7 heteroatoms. The van der Waals surface area contributed by atoms with E-state index in [2.05, 4.69) is 22.0 Å². The number of rotatable bonds is 6. The SMILES string of the molecule is O=C(O)CN1CCN(Cc2ccc(Oc3nc4ccccc4s3)cc2)CC1. The fourth-order valence-corrected chi connectivity index (χ4v) is 4.05. The zero-order valence-corrected chi connectivity index (χ0v) is 15.7. The second-order valence-electron chi connectivity index (χ2n) is 6.64. The number of ether oxygens (including phenoxy) is 1. The molecule has 140 valence electrons. The molecule has 4 rings (SSSR count). The molecule has 0 atom stereocenters. The molecule has 27 heavy (non-hydrogen) atoms. The van der Waals surface area contributed by atoms with Crippen LogP contribution in [-0.2, 0) is 11.3 Å². The molecule has 0 amide bonds. The Bertz CT molecular complexity index is 885. The molecule has 0 spiro atoms. The summed E-state index contributed by atoms with van der Waals surface area (Å²) in [5.41, 5.74) is 2.18. The van der Waals surface area contributed by atoms with Gasteiger partial charge in [0, 0.05) is 32.7 Å². The molecule has 1 aromatic heterocycles. The van der Waals surface area contributed by atoms with Gasteiger partial charge in [0.05, 0.1) is 16.8 Å². The van der Waals surface area contributed by atoms with Crippen LogP contribution in [0, 0.1) is 0 Å². The first-order valence-electron chi connectivity index (χ1n) is 8.94. The van der Waals surface area contributed by atoms with Gasteiger partial charge in [-0.3, -0.25) is 14.6 Å². The van der Waals surface area contributed by atoms with E-state index >= 15 is 0 Å². The van der Waals surface area contributed by atoms with Crippen molar-refractivity contribution in [1.82, 2.24) is 14.8 Å². The zero-order chi connectivity index (χ0) is 18.6. The maximum Gasteiger partial charge on any atom is 0.317 e. The second-order valence-corrected chi connectivity index (χ2v) is 7.63. The third kappa shape index (κ3) is 4.63. The molecule has 0 saturated carbocycles. The van der Waals surface area contributed by atoms with Crippen LogP contribution in [0.3, 0.4) is 0 Å². The number of carboxylic acids is 1. The van der Waals surface area contributed by atoms with E-state index < -0.39 is 5.97 Å². The summed E-state index contributed by atoms with van der Waals surface area (Å²) in [5, 5.41) is 9.52. The third-order valence-corrected chi connectivity index (χ3v) is 5.55. The van der Waals surface area contributed by atoms with Crippen LogP contribution in [0.4, 0.5) is 0 Å². The van der Waals surface area contributed by atoms with Gasteiger partial charge in [-0.15, -0.1) is 0 Å². The van der Waals surface area contributed by atoms with Crippen LogP contribution in [-0.4, -0.2) is 58.6 Å². The van der Waals surface area contributed by atoms with E-state index in [4.69, 9.17) is 9.84 Å². The van der Waals surface area contributed by atoms with Crippen LogP contribution in [0.25, 0.3) is 10.2 Å². The van der Waals surface area contributed by atoms with Crippen molar-refractivity contribution < 1.29 is 14.6 Å². The van der Waals surface area contributed by atoms with Crippen LogP contribution < -0.4 is 4.74 Å². The van der Waals surface area contributed by atoms with E-state index in [-0.39, 0.29) is 6.54 Å². The lowest BCUT2D eigenvalue weighted by atomic mass is 10.2. The Morgan fingerprint density at radius 3 is 2.44 bits per heavy atom. The van der Waals surface area contributed by atoms with Gasteiger partial charge in [0.2, 0.25) is 0 Å². The van der Waals surface area contributed by atoms with Crippen LogP contribution in [0.1, 0.15) is 5.56 Å². The lowest BCUT2D eigenvalue weighted by Crippen LogP contribution is -2.47. The molecule has 0 bridgehead atoms. The highest BCUT2D eigenvalue weighted by atomic mass is 32.1. The lowest BCUT2D eigenvalue weighted by Gasteiger charge is -2.33. The van der Waals surface area contributed by atoms with E-state index in [1.165, 1.54) is 5.56 Å². The summed E-state index contributed by atoms with van der Waals surface area (Å²) in [6.07, 6.45) is 0. The Balaban J connectivity index is 1.32. The molecule has 1 aliphatic heterocycles. The average Bonchev–Trinajstić information content (AvgIpc) is 3.07. The summed E-state index contributed by atoms with van der Waals surface area (Å²) < 4.78 is 7.01. The highest BCUT2D eigenvalue weighted by Gasteiger charge is 2.18. The van der Waals surface area contributed by atoms with Crippen molar-refractivity contribution in [3.05, 3.63) is 54.1 Å². The molecule has 0 radical (unpaired) electrons. The van der Waals surface area contributed by atoms with Crippen LogP contribution in [0.5, 0.6) is 10.9 Å². The molecule has 1 aliphatic rings. The largest absolute Gasteiger partial charge is 0.480 e. The van der Waals surface area contributed by atoms with Gasteiger partial charge in [0.1, 0.15) is 5.75 Å². The standard InChI is InChI=1S/C20H21N3O3S/c24-19(25)14-23-11-9-22(10-12-23)13-15-5-7-16(8-6-15)26-20-21-17-3-1-2-4-18(17)27-20/h1-8H,9-14H2,(H,24,25). The van der Waals surface area contributed by atoms with Crippen LogP contribution in [0.2, 0.25) is 0 Å². The van der Waals surface area contributed by atoms with Gasteiger partial charge in [0.25, 0.3) is 5.19 Å². The summed E-state index contributed by atoms with van der Waals surface area (Å²) in [7, 11) is 0. The highest BCUT2D eigenvalue weighted by molar-refractivity contribution is 7.20. The minimum absolute atomic E-state index is 0.131. The average molecular weight is 383 g/mol. The first-order valence-corrected chi connectivity index (χ1v) is 9.76. The number of fused-ring (bicyclic) bond motifs is 1. The summed E-state index contributed by atoms with van der Waals surface area (Å²) in [6.45, 7) is 4.36. The van der Waals surface area contributed by atoms with Crippen molar-refractivity contribution in [1.29, 1.82) is 0 Å². The lowest BCUT2D eigenvalue weighted by molar-refractivity contribution is -0.138. The van der Waals surface area contributed by atoms with E-state index in [1.54, 1.807) is 11.3 Å². The van der Waals surface area contributed by atoms with Crippen molar-refractivity contribution >= 4 is 27.5 Å². The number of aromatic nitrogens is 1. The highest BCUT2D eigenvalue weighted by Crippen LogP contribution is 2.31. The topological polar surface area (TPSA) is 65.9 Å². The van der Waals surface area contributed by atoms with Gasteiger partial charge in [0.15, 0.2) is 0 Å². The number of carboxylic acid groups (broad SMARTS) is 1. The van der Waals surface area contributed by atoms with Crippen molar-refractivity contribution in [3.63, 3.8) is 0 Å². The quantitative estimate of drug-likeness (QED) is 0.705. The maximum absolute atomic E-state index is 10.8. The minimum atomic E-state index is -0.757. The molecule has 2 aromatic carbocycles. The minimum Gasteiger partial charge on any atom is -0.480 e. The fourth-order valence-electron chi connectivity index (χ4n) is 3.21. The van der Waals surface area contributed by atoms with E-state index in [1.807, 2.05) is 41.3 Å². The summed E-state index contributed by atoms with van der Waals surface area (Å²) in [5.74, 6) is 0.0243. The molecule has 0 aliphatic carbocycles. The first-order chi connectivity index (χ1) is 13.2. The number of nitrogens with zero attached hydrogens (tertiary/aromatic N) is 3. The molecule has 1 saturated heterocycles. The first kappa shape index (κ1) is 17.9. The van der Waals surface area contributed by atoms with Gasteiger partial charge in [-0.05, 0) is 29.8 Å². The summed E-state index contributed by atoms with van der Waals surface area (Å²) >= 11 is 1.54. The van der Waals surface area contributed by atoms with E-state index in [0.717, 1.165) is 48.7 Å². The summed E-state index contributed by atoms with van der Waals surface area (Å²) in [4.78, 5) is 19.6. The van der Waals surface area contributed by atoms with Crippen molar-refractivity contribution in [2.45, 2.75) is 6.54 Å². The maximum atomic E-state index is 10.8. The smallest absolute Gasteiger partial charge is 0.317 e. The van der Waals surface area contributed by atoms with Crippen molar-refractivity contribution in [2.75, 3.05) is 32.7 Å². The number of para-hydroxylation sites is 1. The molecule has 0 unspecified atom stereocenters. The van der Waals surface area contributed by atoms with Crippen molar-refractivity contribution in [3.8, 4) is 10.9 Å². The van der Waals surface area contributed by atoms with E-state index in [9.17, 15) is 4.79 Å². The molecule has 6 nitrogen and oxygen atoms in total. The Morgan fingerprint density at radius 1 is 1.04 bits per heavy atom. The number of hydrogen-bond donors (Lipinski definition) is 1. The molecular weight excluding hydrogens is 362 g/mol. The zero-order valence-electron chi connectivity index (χ0n) is 14.9. The predicted octanol–water partition coefficient (Wildman–Crippen LogP) is 3.29. The van der Waals surface area contributed by atoms with Crippen molar-refractivity contribution in [2.24, 2.45) is 0 Å². The molecular formula is C20H21N3O3S. The monoisotopic (exact) mass is 383 g/mol. The van der Waals surface area contributed by atoms with Crippen LogP contribution >= 0.6 is 11.3 Å². The number of piperazine rings is 1. The molecule has 3 aromatic rings. The van der Waals surface area contributed by atoms with Gasteiger partial charge in [-0.25, -0.2) is 4.98 Å². The number of carbonyl (C=O) groups is 1. The Labute approximate surface area is 161 Å². The van der Waals surface area contributed by atoms with Gasteiger partial charge in [-0.1, -0.05) is 35.6 Å². The number of hydrogen-bond acceptors (Lipinski definition) is 6. The Kier molecular flexibility index (Phi) is 5.33. The van der Waals surface area contributed by atoms with Gasteiger partial charge >= 0.3 is 5.97 Å². The van der Waals surface area contributed by atoms with Gasteiger partial charge < -0.3 is 9.84 Å². The molecule has 2 heterocycles. The third-order valence-electron chi connectivity index (χ3n) is 4.63. The predicted molar refractivity (Wildman–Crippen MR) is 105 cm³/mol. The van der Waals surface area contributed by atoms with Gasteiger partial charge in [-0.2, -0.15) is 0 Å². The molecule has 1 N–H and O–H groups in total. The number of thiazole rings is 1. The fraction of sp³-hybridized carbons (Fsp3) is 0.300. The second kappa shape index (κ2) is 8.04.